The van der Waals surface area contributed by atoms with Crippen molar-refractivity contribution in [2.45, 2.75) is 25.8 Å². The average molecular weight is 557 g/mol. The van der Waals surface area contributed by atoms with Gasteiger partial charge in [0.15, 0.2) is 11.5 Å². The Hall–Kier alpha value is -2.74. The summed E-state index contributed by atoms with van der Waals surface area (Å²) in [6.07, 6.45) is 1.72. The Kier molecular flexibility index (Phi) is 7.42. The smallest absolute Gasteiger partial charge is 0.255 e. The zero-order valence-corrected chi connectivity index (χ0v) is 21.3. The second-order valence-electron chi connectivity index (χ2n) is 7.96. The lowest BCUT2D eigenvalue weighted by Crippen LogP contribution is -2.42. The van der Waals surface area contributed by atoms with Crippen molar-refractivity contribution in [3.8, 4) is 17.2 Å². The molecule has 33 heavy (non-hydrogen) atoms. The Morgan fingerprint density at radius 2 is 1.73 bits per heavy atom. The van der Waals surface area contributed by atoms with Crippen LogP contribution in [-0.4, -0.2) is 38.2 Å². The van der Waals surface area contributed by atoms with Gasteiger partial charge in [-0.3, -0.25) is 4.79 Å². The van der Waals surface area contributed by atoms with Crippen molar-refractivity contribution in [2.24, 2.45) is 0 Å². The first-order valence-corrected chi connectivity index (χ1v) is 12.2. The number of fused-ring (bicyclic) bond motifs is 1. The molecule has 1 amide bonds. The van der Waals surface area contributed by atoms with Crippen LogP contribution in [0, 0.1) is 3.57 Å². The number of hydrogen-bond donors (Lipinski definition) is 0. The maximum Gasteiger partial charge on any atom is 0.255 e. The maximum atomic E-state index is 13.6. The topological polar surface area (TPSA) is 48.0 Å². The van der Waals surface area contributed by atoms with E-state index in [1.807, 2.05) is 53.4 Å². The van der Waals surface area contributed by atoms with Gasteiger partial charge in [0.05, 0.1) is 25.8 Å². The lowest BCUT2D eigenvalue weighted by Gasteiger charge is -2.38. The summed E-state index contributed by atoms with van der Waals surface area (Å²) in [6, 6.07) is 19.6. The molecule has 4 rings (SSSR count). The van der Waals surface area contributed by atoms with Crippen molar-refractivity contribution in [1.29, 1.82) is 0 Å². The van der Waals surface area contributed by atoms with Crippen molar-refractivity contribution < 1.29 is 19.0 Å². The van der Waals surface area contributed by atoms with Crippen LogP contribution in [0.5, 0.6) is 17.2 Å². The Labute approximate surface area is 208 Å². The van der Waals surface area contributed by atoms with Gasteiger partial charge >= 0.3 is 0 Å². The molecule has 0 radical (unpaired) electrons. The van der Waals surface area contributed by atoms with E-state index in [0.29, 0.717) is 30.2 Å². The number of carbonyl (C=O) groups excluding carboxylic acids is 1. The third-order valence-corrected chi connectivity index (χ3v) is 7.05. The van der Waals surface area contributed by atoms with Crippen LogP contribution in [0.1, 0.15) is 40.0 Å². The average Bonchev–Trinajstić information content (AvgIpc) is 2.86. The van der Waals surface area contributed by atoms with Gasteiger partial charge < -0.3 is 19.1 Å². The monoisotopic (exact) mass is 557 g/mol. The van der Waals surface area contributed by atoms with Gasteiger partial charge in [-0.2, -0.15) is 0 Å². The van der Waals surface area contributed by atoms with E-state index in [1.54, 1.807) is 14.2 Å². The number of halogens is 1. The van der Waals surface area contributed by atoms with Crippen molar-refractivity contribution in [2.75, 3.05) is 27.4 Å². The predicted molar refractivity (Wildman–Crippen MR) is 138 cm³/mol. The van der Waals surface area contributed by atoms with Crippen molar-refractivity contribution in [1.82, 2.24) is 4.90 Å². The zero-order chi connectivity index (χ0) is 23.4. The number of carbonyl (C=O) groups is 1. The van der Waals surface area contributed by atoms with Gasteiger partial charge in [0.1, 0.15) is 12.4 Å². The highest BCUT2D eigenvalue weighted by Gasteiger charge is 2.34. The zero-order valence-electron chi connectivity index (χ0n) is 19.1. The molecule has 3 aromatic carbocycles. The number of aryl methyl sites for hydroxylation is 1. The Morgan fingerprint density at radius 3 is 2.39 bits per heavy atom. The predicted octanol–water partition coefficient (Wildman–Crippen LogP) is 5.69. The van der Waals surface area contributed by atoms with Gasteiger partial charge in [-0.15, -0.1) is 0 Å². The van der Waals surface area contributed by atoms with Gasteiger partial charge in [-0.25, -0.2) is 0 Å². The van der Waals surface area contributed by atoms with Gasteiger partial charge in [0.25, 0.3) is 5.91 Å². The third-order valence-electron chi connectivity index (χ3n) is 6.11. The summed E-state index contributed by atoms with van der Waals surface area (Å²) < 4.78 is 18.2. The Bertz CT molecular complexity index is 1130. The Morgan fingerprint density at radius 1 is 1.03 bits per heavy atom. The minimum Gasteiger partial charge on any atom is -0.493 e. The summed E-state index contributed by atoms with van der Waals surface area (Å²) >= 11 is 2.22. The molecular weight excluding hydrogens is 529 g/mol. The molecule has 3 aromatic rings. The van der Waals surface area contributed by atoms with Crippen LogP contribution in [-0.2, 0) is 12.8 Å². The second kappa shape index (κ2) is 10.5. The molecule has 0 N–H and O–H groups in total. The molecule has 5 nitrogen and oxygen atoms in total. The van der Waals surface area contributed by atoms with Crippen LogP contribution in [0.4, 0.5) is 0 Å². The summed E-state index contributed by atoms with van der Waals surface area (Å²) in [5.41, 5.74) is 4.15. The number of benzene rings is 3. The molecule has 1 heterocycles. The first-order valence-electron chi connectivity index (χ1n) is 11.1. The van der Waals surface area contributed by atoms with Crippen LogP contribution in [0.2, 0.25) is 0 Å². The molecule has 6 heteroatoms. The fraction of sp³-hybridized carbons (Fsp3) is 0.296. The number of methoxy groups -OCH3 is 2. The number of amides is 1. The molecule has 0 aliphatic carbocycles. The van der Waals surface area contributed by atoms with Crippen LogP contribution < -0.4 is 14.2 Å². The van der Waals surface area contributed by atoms with Crippen LogP contribution in [0.3, 0.4) is 0 Å². The van der Waals surface area contributed by atoms with E-state index >= 15 is 0 Å². The number of ether oxygens (including phenoxy) is 3. The van der Waals surface area contributed by atoms with E-state index in [-0.39, 0.29) is 11.9 Å². The molecule has 0 fully saturated rings. The molecule has 1 atom stereocenters. The normalized spacial score (nSPS) is 15.0. The van der Waals surface area contributed by atoms with E-state index < -0.39 is 0 Å². The molecule has 0 bridgehead atoms. The van der Waals surface area contributed by atoms with Crippen molar-refractivity contribution in [3.63, 3.8) is 0 Å². The first kappa shape index (κ1) is 23.4. The number of hydrogen-bond acceptors (Lipinski definition) is 4. The van der Waals surface area contributed by atoms with Gasteiger partial charge in [-0.05, 0) is 88.5 Å². The second-order valence-corrected chi connectivity index (χ2v) is 9.12. The lowest BCUT2D eigenvalue weighted by molar-refractivity contribution is 0.0588. The minimum absolute atomic E-state index is 0.00960. The molecule has 1 aliphatic rings. The molecule has 0 aromatic heterocycles. The highest BCUT2D eigenvalue weighted by molar-refractivity contribution is 14.1. The van der Waals surface area contributed by atoms with Gasteiger partial charge in [0, 0.05) is 10.1 Å². The summed E-state index contributed by atoms with van der Waals surface area (Å²) in [4.78, 5) is 15.5. The van der Waals surface area contributed by atoms with Gasteiger partial charge in [0.2, 0.25) is 0 Å². The van der Waals surface area contributed by atoms with Crippen LogP contribution >= 0.6 is 22.6 Å². The first-order chi connectivity index (χ1) is 16.0. The largest absolute Gasteiger partial charge is 0.493 e. The lowest BCUT2D eigenvalue weighted by atomic mass is 9.91. The highest BCUT2D eigenvalue weighted by Crippen LogP contribution is 2.39. The third kappa shape index (κ3) is 4.95. The molecule has 0 saturated carbocycles. The van der Waals surface area contributed by atoms with Crippen molar-refractivity contribution >= 4 is 28.5 Å². The number of nitrogens with zero attached hydrogens (tertiary/aromatic N) is 1. The van der Waals surface area contributed by atoms with E-state index in [2.05, 4.69) is 41.6 Å². The fourth-order valence-corrected chi connectivity index (χ4v) is 4.85. The maximum absolute atomic E-state index is 13.6. The molecular formula is C27H28INO4. The summed E-state index contributed by atoms with van der Waals surface area (Å²) in [5, 5.41) is 0. The minimum atomic E-state index is -0.247. The summed E-state index contributed by atoms with van der Waals surface area (Å²) in [5.74, 6) is 2.15. The molecule has 0 saturated heterocycles. The molecule has 1 aliphatic heterocycles. The van der Waals surface area contributed by atoms with E-state index in [1.165, 1.54) is 5.56 Å². The van der Waals surface area contributed by atoms with Crippen LogP contribution in [0.25, 0.3) is 0 Å². The van der Waals surface area contributed by atoms with Crippen LogP contribution in [0.15, 0.2) is 60.7 Å². The quantitative estimate of drug-likeness (QED) is 0.351. The fourth-order valence-electron chi connectivity index (χ4n) is 4.24. The molecule has 0 spiro atoms. The summed E-state index contributed by atoms with van der Waals surface area (Å²) in [7, 11) is 3.27. The molecule has 172 valence electrons. The molecule has 1 unspecified atom stereocenters. The van der Waals surface area contributed by atoms with Gasteiger partial charge in [-0.1, -0.05) is 31.2 Å². The van der Waals surface area contributed by atoms with E-state index in [4.69, 9.17) is 14.2 Å². The van der Waals surface area contributed by atoms with Crippen molar-refractivity contribution in [3.05, 3.63) is 86.5 Å². The summed E-state index contributed by atoms with van der Waals surface area (Å²) in [6.45, 7) is 3.09. The highest BCUT2D eigenvalue weighted by atomic mass is 127. The van der Waals surface area contributed by atoms with E-state index in [9.17, 15) is 4.79 Å². The standard InChI is InChI=1S/C27H28INO4/c1-4-18-9-11-20(12-10-18)33-17-24-22-16-26(32-3)25(31-2)15-19(22)13-14-29(24)27(30)21-7-5-6-8-23(21)28/h5-12,15-16,24H,4,13-14,17H2,1-3H3. The Balaban J connectivity index is 1.70. The van der Waals surface area contributed by atoms with E-state index in [0.717, 1.165) is 33.3 Å². The number of rotatable bonds is 7. The SMILES string of the molecule is CCc1ccc(OCC2c3cc(OC)c(OC)cc3CCN2C(=O)c2ccccc2I)cc1.